The summed E-state index contributed by atoms with van der Waals surface area (Å²) in [5.74, 6) is -0.850. The molecule has 2 aromatic carbocycles. The Morgan fingerprint density at radius 2 is 1.78 bits per heavy atom. The molecule has 0 saturated heterocycles. The van der Waals surface area contributed by atoms with Gasteiger partial charge >= 0.3 is 5.63 Å². The number of carbonyl (C=O) groups is 2. The SMILES string of the molecule is C[C@H](Oc1ccc(Br)cc1)C(=O)NNC(=O)c1cc2ccccc2oc1=O. The molecule has 0 fully saturated rings. The summed E-state index contributed by atoms with van der Waals surface area (Å²) in [6, 6.07) is 15.2. The molecule has 0 aliphatic carbocycles. The molecule has 7 nitrogen and oxygen atoms in total. The molecule has 1 atom stereocenters. The van der Waals surface area contributed by atoms with E-state index < -0.39 is 23.5 Å². The average molecular weight is 431 g/mol. The number of para-hydroxylation sites is 1. The topological polar surface area (TPSA) is 97.6 Å². The maximum Gasteiger partial charge on any atom is 0.349 e. The zero-order valence-electron chi connectivity index (χ0n) is 14.2. The number of hydrogen-bond donors (Lipinski definition) is 2. The van der Waals surface area contributed by atoms with Crippen molar-refractivity contribution in [2.75, 3.05) is 0 Å². The van der Waals surface area contributed by atoms with Gasteiger partial charge in [-0.15, -0.1) is 0 Å². The number of carbonyl (C=O) groups excluding carboxylic acids is 2. The Hall–Kier alpha value is -3.13. The van der Waals surface area contributed by atoms with Gasteiger partial charge < -0.3 is 9.15 Å². The second-order valence-corrected chi connectivity index (χ2v) is 6.56. The van der Waals surface area contributed by atoms with Crippen LogP contribution in [0.25, 0.3) is 11.0 Å². The van der Waals surface area contributed by atoms with Crippen LogP contribution in [0.3, 0.4) is 0 Å². The Labute approximate surface area is 162 Å². The van der Waals surface area contributed by atoms with Gasteiger partial charge in [-0.3, -0.25) is 20.4 Å². The number of ether oxygens (including phenoxy) is 1. The number of amides is 2. The largest absolute Gasteiger partial charge is 0.481 e. The van der Waals surface area contributed by atoms with Crippen LogP contribution in [0.2, 0.25) is 0 Å². The van der Waals surface area contributed by atoms with Crippen LogP contribution in [0.1, 0.15) is 17.3 Å². The molecule has 3 rings (SSSR count). The van der Waals surface area contributed by atoms with Gasteiger partial charge in [0.05, 0.1) is 0 Å². The Kier molecular flexibility index (Phi) is 5.56. The predicted octanol–water partition coefficient (Wildman–Crippen LogP) is 2.78. The monoisotopic (exact) mass is 430 g/mol. The van der Waals surface area contributed by atoms with Crippen molar-refractivity contribution in [1.82, 2.24) is 10.9 Å². The quantitative estimate of drug-likeness (QED) is 0.489. The number of hydrogen-bond acceptors (Lipinski definition) is 5. The molecule has 138 valence electrons. The van der Waals surface area contributed by atoms with Crippen molar-refractivity contribution in [2.45, 2.75) is 13.0 Å². The van der Waals surface area contributed by atoms with Gasteiger partial charge in [-0.1, -0.05) is 34.1 Å². The summed E-state index contributed by atoms with van der Waals surface area (Å²) in [5, 5.41) is 0.598. The fourth-order valence-corrected chi connectivity index (χ4v) is 2.54. The van der Waals surface area contributed by atoms with Crippen molar-refractivity contribution in [3.63, 3.8) is 0 Å². The van der Waals surface area contributed by atoms with E-state index >= 15 is 0 Å². The molecular formula is C19H15BrN2O5. The molecule has 0 bridgehead atoms. The first-order chi connectivity index (χ1) is 12.9. The summed E-state index contributed by atoms with van der Waals surface area (Å²) < 4.78 is 11.5. The summed E-state index contributed by atoms with van der Waals surface area (Å²) in [6.07, 6.45) is -0.862. The molecule has 0 aliphatic heterocycles. The van der Waals surface area contributed by atoms with Crippen molar-refractivity contribution >= 4 is 38.7 Å². The number of nitrogens with one attached hydrogen (secondary N) is 2. The Morgan fingerprint density at radius 1 is 1.07 bits per heavy atom. The predicted molar refractivity (Wildman–Crippen MR) is 102 cm³/mol. The molecule has 1 heterocycles. The summed E-state index contributed by atoms with van der Waals surface area (Å²) in [5.41, 5.74) is 3.80. The zero-order valence-corrected chi connectivity index (χ0v) is 15.8. The standard InChI is InChI=1S/C19H15BrN2O5/c1-11(26-14-8-6-13(20)7-9-14)17(23)21-22-18(24)15-10-12-4-2-3-5-16(12)27-19(15)25/h2-11H,1H3,(H,21,23)(H,22,24)/t11-/m0/s1. The number of rotatable bonds is 4. The van der Waals surface area contributed by atoms with Gasteiger partial charge in [-0.25, -0.2) is 4.79 Å². The fraction of sp³-hybridized carbons (Fsp3) is 0.105. The second-order valence-electron chi connectivity index (χ2n) is 5.64. The lowest BCUT2D eigenvalue weighted by atomic mass is 10.2. The van der Waals surface area contributed by atoms with E-state index in [4.69, 9.17) is 9.15 Å². The van der Waals surface area contributed by atoms with Crippen LogP contribution in [-0.2, 0) is 4.79 Å². The van der Waals surface area contributed by atoms with Crippen molar-refractivity contribution < 1.29 is 18.7 Å². The number of hydrazine groups is 1. The maximum absolute atomic E-state index is 12.2. The molecule has 0 radical (unpaired) electrons. The summed E-state index contributed by atoms with van der Waals surface area (Å²) in [4.78, 5) is 36.2. The molecule has 1 aromatic heterocycles. The van der Waals surface area contributed by atoms with Crippen molar-refractivity contribution in [3.8, 4) is 5.75 Å². The lowest BCUT2D eigenvalue weighted by molar-refractivity contribution is -0.128. The van der Waals surface area contributed by atoms with E-state index in [0.29, 0.717) is 16.7 Å². The molecule has 2 N–H and O–H groups in total. The summed E-state index contributed by atoms with van der Waals surface area (Å²) >= 11 is 3.31. The minimum atomic E-state index is -0.862. The number of fused-ring (bicyclic) bond motifs is 1. The smallest absolute Gasteiger partial charge is 0.349 e. The highest BCUT2D eigenvalue weighted by Gasteiger charge is 2.18. The molecule has 8 heteroatoms. The van der Waals surface area contributed by atoms with E-state index in [1.165, 1.54) is 13.0 Å². The summed E-state index contributed by atoms with van der Waals surface area (Å²) in [6.45, 7) is 1.54. The van der Waals surface area contributed by atoms with Crippen LogP contribution in [0.15, 0.2) is 68.3 Å². The maximum atomic E-state index is 12.2. The summed E-state index contributed by atoms with van der Waals surface area (Å²) in [7, 11) is 0. The third-order valence-electron chi connectivity index (χ3n) is 3.68. The first kappa shape index (κ1) is 18.7. The number of halogens is 1. The fourth-order valence-electron chi connectivity index (χ4n) is 2.28. The van der Waals surface area contributed by atoms with E-state index in [1.54, 1.807) is 48.5 Å². The van der Waals surface area contributed by atoms with E-state index in [9.17, 15) is 14.4 Å². The molecule has 0 unspecified atom stereocenters. The Morgan fingerprint density at radius 3 is 2.52 bits per heavy atom. The van der Waals surface area contributed by atoms with Gasteiger partial charge in [0.15, 0.2) is 6.10 Å². The van der Waals surface area contributed by atoms with E-state index in [-0.39, 0.29) is 5.56 Å². The first-order valence-electron chi connectivity index (χ1n) is 7.99. The van der Waals surface area contributed by atoms with E-state index in [2.05, 4.69) is 26.8 Å². The molecular weight excluding hydrogens is 416 g/mol. The van der Waals surface area contributed by atoms with Gasteiger partial charge in [-0.05, 0) is 43.3 Å². The third-order valence-corrected chi connectivity index (χ3v) is 4.21. The third kappa shape index (κ3) is 4.53. The van der Waals surface area contributed by atoms with Crippen molar-refractivity contribution in [3.05, 3.63) is 75.1 Å². The highest BCUT2D eigenvalue weighted by atomic mass is 79.9. The minimum Gasteiger partial charge on any atom is -0.481 e. The minimum absolute atomic E-state index is 0.213. The average Bonchev–Trinajstić information content (AvgIpc) is 2.67. The van der Waals surface area contributed by atoms with Crippen LogP contribution < -0.4 is 21.2 Å². The van der Waals surface area contributed by atoms with Gasteiger partial charge in [-0.2, -0.15) is 0 Å². The van der Waals surface area contributed by atoms with Crippen LogP contribution in [-0.4, -0.2) is 17.9 Å². The van der Waals surface area contributed by atoms with Crippen molar-refractivity contribution in [1.29, 1.82) is 0 Å². The van der Waals surface area contributed by atoms with Gasteiger partial charge in [0.1, 0.15) is 16.9 Å². The lowest BCUT2D eigenvalue weighted by Crippen LogP contribution is -2.48. The van der Waals surface area contributed by atoms with Gasteiger partial charge in [0.25, 0.3) is 11.8 Å². The van der Waals surface area contributed by atoms with Gasteiger partial charge in [0, 0.05) is 9.86 Å². The van der Waals surface area contributed by atoms with Crippen LogP contribution in [0.5, 0.6) is 5.75 Å². The molecule has 3 aromatic rings. The molecule has 2 amide bonds. The Balaban J connectivity index is 1.63. The Bertz CT molecular complexity index is 1050. The highest BCUT2D eigenvalue weighted by molar-refractivity contribution is 9.10. The molecule has 0 aliphatic rings. The zero-order chi connectivity index (χ0) is 19.4. The van der Waals surface area contributed by atoms with Crippen LogP contribution in [0.4, 0.5) is 0 Å². The van der Waals surface area contributed by atoms with E-state index in [1.807, 2.05) is 0 Å². The van der Waals surface area contributed by atoms with Crippen molar-refractivity contribution in [2.24, 2.45) is 0 Å². The molecule has 27 heavy (non-hydrogen) atoms. The second kappa shape index (κ2) is 8.05. The number of benzene rings is 2. The van der Waals surface area contributed by atoms with Crippen LogP contribution >= 0.6 is 15.9 Å². The van der Waals surface area contributed by atoms with Gasteiger partial charge in [0.2, 0.25) is 0 Å². The molecule has 0 saturated carbocycles. The highest BCUT2D eigenvalue weighted by Crippen LogP contribution is 2.17. The molecule has 0 spiro atoms. The first-order valence-corrected chi connectivity index (χ1v) is 8.78. The van der Waals surface area contributed by atoms with Crippen LogP contribution in [0, 0.1) is 0 Å². The normalized spacial score (nSPS) is 11.6. The lowest BCUT2D eigenvalue weighted by Gasteiger charge is -2.15. The van der Waals surface area contributed by atoms with E-state index in [0.717, 1.165) is 4.47 Å².